The lowest BCUT2D eigenvalue weighted by atomic mass is 9.93. The number of methoxy groups -OCH3 is 1. The van der Waals surface area contributed by atoms with Gasteiger partial charge in [-0.05, 0) is 64.7 Å². The lowest BCUT2D eigenvalue weighted by Crippen LogP contribution is -2.43. The molecule has 4 aromatic carbocycles. The highest BCUT2D eigenvalue weighted by molar-refractivity contribution is 7.92. The summed E-state index contributed by atoms with van der Waals surface area (Å²) in [5.74, 6) is -6.05. The Balaban J connectivity index is 1.23. The van der Waals surface area contributed by atoms with E-state index in [9.17, 15) is 35.6 Å². The van der Waals surface area contributed by atoms with Gasteiger partial charge in [-0.15, -0.1) is 0 Å². The van der Waals surface area contributed by atoms with Crippen LogP contribution >= 0.6 is 0 Å². The first kappa shape index (κ1) is 37.5. The third-order valence-electron chi connectivity index (χ3n) is 8.34. The van der Waals surface area contributed by atoms with Crippen LogP contribution in [-0.2, 0) is 32.2 Å². The normalized spacial score (nSPS) is 12.3. The van der Waals surface area contributed by atoms with Gasteiger partial charge < -0.3 is 10.1 Å². The van der Waals surface area contributed by atoms with Gasteiger partial charge in [0.25, 0.3) is 15.9 Å². The first-order valence-electron chi connectivity index (χ1n) is 15.8. The van der Waals surface area contributed by atoms with Crippen molar-refractivity contribution in [3.8, 4) is 22.3 Å². The summed E-state index contributed by atoms with van der Waals surface area (Å²) in [7, 11) is -3.38. The molecule has 0 saturated carbocycles. The molecule has 0 unspecified atom stereocenters. The molecule has 16 heteroatoms. The minimum absolute atomic E-state index is 0.133. The molecule has 0 radical (unpaired) electrons. The fraction of sp³-hybridized carbons (Fsp3) is 0.105. The van der Waals surface area contributed by atoms with Crippen LogP contribution in [0.15, 0.2) is 114 Å². The summed E-state index contributed by atoms with van der Waals surface area (Å²) in [6.07, 6.45) is -2.37. The van der Waals surface area contributed by atoms with Gasteiger partial charge in [-0.2, -0.15) is 17.6 Å². The van der Waals surface area contributed by atoms with E-state index in [4.69, 9.17) is 4.74 Å². The molecule has 2 N–H and O–H groups in total. The number of nitrogens with zero attached hydrogens (tertiary/aromatic N) is 2. The van der Waals surface area contributed by atoms with E-state index in [-0.39, 0.29) is 28.0 Å². The molecule has 0 bridgehead atoms. The zero-order chi connectivity index (χ0) is 38.8. The number of ether oxygens (including phenoxy) is 1. The number of alkyl halides is 3. The molecule has 6 aromatic rings. The maximum Gasteiger partial charge on any atom is 0.417 e. The molecule has 2 heterocycles. The summed E-state index contributed by atoms with van der Waals surface area (Å²) in [4.78, 5) is 33.5. The highest BCUT2D eigenvalue weighted by Gasteiger charge is 2.34. The molecule has 54 heavy (non-hydrogen) atoms. The van der Waals surface area contributed by atoms with Crippen LogP contribution in [-0.4, -0.2) is 43.4 Å². The minimum atomic E-state index is -4.67. The van der Waals surface area contributed by atoms with E-state index in [1.807, 2.05) is 4.72 Å². The molecule has 9 nitrogen and oxygen atoms in total. The average Bonchev–Trinajstić information content (AvgIpc) is 3.13. The van der Waals surface area contributed by atoms with Crippen molar-refractivity contribution in [3.63, 3.8) is 0 Å². The second kappa shape index (κ2) is 15.0. The molecule has 6 rings (SSSR count). The van der Waals surface area contributed by atoms with Gasteiger partial charge in [-0.25, -0.2) is 27.0 Å². The molecule has 0 saturated heterocycles. The summed E-state index contributed by atoms with van der Waals surface area (Å²) >= 11 is 0. The first-order valence-corrected chi connectivity index (χ1v) is 17.3. The van der Waals surface area contributed by atoms with Crippen molar-refractivity contribution < 1.29 is 49.1 Å². The quantitative estimate of drug-likeness (QED) is 0.0831. The highest BCUT2D eigenvalue weighted by atomic mass is 32.2. The van der Waals surface area contributed by atoms with Crippen molar-refractivity contribution >= 4 is 38.5 Å². The number of pyridine rings is 2. The zero-order valence-electron chi connectivity index (χ0n) is 27.8. The molecular weight excluding hydrogens is 738 g/mol. The Bertz CT molecular complexity index is 2490. The van der Waals surface area contributed by atoms with Gasteiger partial charge in [0.15, 0.2) is 0 Å². The zero-order valence-corrected chi connectivity index (χ0v) is 28.6. The lowest BCUT2D eigenvalue weighted by molar-refractivity contribution is -0.142. The maximum atomic E-state index is 15.3. The van der Waals surface area contributed by atoms with Gasteiger partial charge in [0.1, 0.15) is 23.2 Å². The number of amides is 1. The first-order chi connectivity index (χ1) is 25.7. The lowest BCUT2D eigenvalue weighted by Gasteiger charge is -2.20. The van der Waals surface area contributed by atoms with Gasteiger partial charge in [0.2, 0.25) is 5.95 Å². The van der Waals surface area contributed by atoms with Crippen molar-refractivity contribution in [3.05, 3.63) is 144 Å². The molecule has 0 spiro atoms. The van der Waals surface area contributed by atoms with Gasteiger partial charge in [0.05, 0.1) is 28.8 Å². The number of carbonyl (C=O) groups excluding carboxylic acids is 2. The van der Waals surface area contributed by atoms with Crippen LogP contribution in [0.3, 0.4) is 0 Å². The third-order valence-corrected chi connectivity index (χ3v) is 9.74. The van der Waals surface area contributed by atoms with E-state index >= 15 is 8.78 Å². The predicted octanol–water partition coefficient (Wildman–Crippen LogP) is 7.71. The standard InChI is InChI=1S/C38H26F6N4O5S/c1-53-37(50)32(17-23-10-13-28(35-26(23)6-4-15-46-35)27-5-2-3-7-29(27)38(42,43)44)47-36(49)34-30(39)19-24(20-31(34)40)48-54(51,52)25-11-8-21(9-12-25)22-14-16-45-33(41)18-22/h2-16,18-20,32,48H,17H2,1H3,(H,47,49)/t32-/m0/s1. The number of fused-ring (bicyclic) bond motifs is 1. The molecule has 0 aliphatic heterocycles. The van der Waals surface area contributed by atoms with E-state index in [1.54, 1.807) is 6.07 Å². The summed E-state index contributed by atoms with van der Waals surface area (Å²) in [6, 6.07) is 18.3. The number of anilines is 1. The van der Waals surface area contributed by atoms with Gasteiger partial charge in [0, 0.05) is 35.8 Å². The molecule has 0 aliphatic carbocycles. The second-order valence-electron chi connectivity index (χ2n) is 11.8. The number of aromatic nitrogens is 2. The number of hydrogen-bond acceptors (Lipinski definition) is 7. The number of halogens is 6. The Morgan fingerprint density at radius 1 is 0.796 bits per heavy atom. The van der Waals surface area contributed by atoms with Gasteiger partial charge in [-0.3, -0.25) is 14.5 Å². The Labute approximate surface area is 303 Å². The molecular formula is C38H26F6N4O5S. The Hall–Kier alpha value is -6.29. The molecule has 1 atom stereocenters. The Morgan fingerprint density at radius 3 is 2.17 bits per heavy atom. The van der Waals surface area contributed by atoms with Crippen molar-refractivity contribution in [2.45, 2.75) is 23.5 Å². The van der Waals surface area contributed by atoms with Crippen LogP contribution in [0, 0.1) is 17.6 Å². The van der Waals surface area contributed by atoms with E-state index in [1.165, 1.54) is 79.1 Å². The number of carbonyl (C=O) groups is 2. The van der Waals surface area contributed by atoms with Crippen LogP contribution in [0.1, 0.15) is 21.5 Å². The molecule has 276 valence electrons. The summed E-state index contributed by atoms with van der Waals surface area (Å²) in [5, 5.41) is 2.58. The highest BCUT2D eigenvalue weighted by Crippen LogP contribution is 2.39. The number of benzene rings is 4. The summed E-state index contributed by atoms with van der Waals surface area (Å²) in [6.45, 7) is 0. The number of hydrogen-bond donors (Lipinski definition) is 2. The van der Waals surface area contributed by atoms with Crippen molar-refractivity contribution in [1.29, 1.82) is 0 Å². The minimum Gasteiger partial charge on any atom is -0.467 e. The van der Waals surface area contributed by atoms with Crippen LogP contribution in [0.2, 0.25) is 0 Å². The van der Waals surface area contributed by atoms with Gasteiger partial charge >= 0.3 is 12.1 Å². The van der Waals surface area contributed by atoms with Crippen LogP contribution in [0.25, 0.3) is 33.2 Å². The van der Waals surface area contributed by atoms with Crippen LogP contribution in [0.4, 0.5) is 32.0 Å². The Morgan fingerprint density at radius 2 is 1.50 bits per heavy atom. The fourth-order valence-electron chi connectivity index (χ4n) is 5.85. The smallest absolute Gasteiger partial charge is 0.417 e. The van der Waals surface area contributed by atoms with E-state index in [0.29, 0.717) is 34.2 Å². The third kappa shape index (κ3) is 7.88. The van der Waals surface area contributed by atoms with Crippen molar-refractivity contribution in [2.24, 2.45) is 0 Å². The van der Waals surface area contributed by atoms with Crippen molar-refractivity contribution in [2.75, 3.05) is 11.8 Å². The summed E-state index contributed by atoms with van der Waals surface area (Å²) < 4.78 is 119. The fourth-order valence-corrected chi connectivity index (χ4v) is 6.89. The molecule has 1 amide bonds. The van der Waals surface area contributed by atoms with E-state index < -0.39 is 68.5 Å². The van der Waals surface area contributed by atoms with Crippen molar-refractivity contribution in [1.82, 2.24) is 15.3 Å². The number of nitrogens with one attached hydrogen (secondary N) is 2. The molecule has 0 fully saturated rings. The number of sulfonamides is 1. The topological polar surface area (TPSA) is 127 Å². The van der Waals surface area contributed by atoms with Crippen LogP contribution < -0.4 is 10.0 Å². The Kier molecular flexibility index (Phi) is 10.4. The second-order valence-corrected chi connectivity index (χ2v) is 13.5. The molecule has 2 aromatic heterocycles. The van der Waals surface area contributed by atoms with E-state index in [0.717, 1.165) is 19.2 Å². The van der Waals surface area contributed by atoms with E-state index in [2.05, 4.69) is 15.3 Å². The summed E-state index contributed by atoms with van der Waals surface area (Å²) in [5.41, 5.74) is -1.15. The number of esters is 1. The maximum absolute atomic E-state index is 15.3. The predicted molar refractivity (Wildman–Crippen MR) is 186 cm³/mol. The molecule has 0 aliphatic rings. The van der Waals surface area contributed by atoms with Crippen LogP contribution in [0.5, 0.6) is 0 Å². The number of rotatable bonds is 10. The monoisotopic (exact) mass is 764 g/mol. The average molecular weight is 765 g/mol. The SMILES string of the molecule is COC(=O)[C@H](Cc1ccc(-c2ccccc2C(F)(F)F)c2ncccc12)NC(=O)c1c(F)cc(NS(=O)(=O)c2ccc(-c3ccnc(F)c3)cc2)cc1F. The van der Waals surface area contributed by atoms with Gasteiger partial charge in [-0.1, -0.05) is 48.5 Å². The largest absolute Gasteiger partial charge is 0.467 e.